The maximum atomic E-state index is 2.74. The predicted molar refractivity (Wildman–Crippen MR) is 481 cm³/mol. The fourth-order valence-electron chi connectivity index (χ4n) is 18.1. The number of thiophene rings is 1. The van der Waals surface area contributed by atoms with E-state index in [0.717, 1.165) is 112 Å². The largest absolute Gasteiger partial charge is 0.310 e. The topological polar surface area (TPSA) is 6.48 Å². The van der Waals surface area contributed by atoms with Crippen molar-refractivity contribution in [3.63, 3.8) is 0 Å². The number of hydrogen-bond acceptors (Lipinski definition) is 3. The molecule has 1 aromatic heterocycles. The van der Waals surface area contributed by atoms with Crippen LogP contribution in [0.3, 0.4) is 0 Å². The summed E-state index contributed by atoms with van der Waals surface area (Å²) in [6, 6.07) is 151. The van der Waals surface area contributed by atoms with E-state index in [1.165, 1.54) is 97.0 Å². The molecule has 0 amide bonds. The van der Waals surface area contributed by atoms with Crippen LogP contribution in [0, 0.1) is 0 Å². The zero-order valence-corrected chi connectivity index (χ0v) is 63.3. The lowest BCUT2D eigenvalue weighted by Crippen LogP contribution is -2.61. The average molecular weight is 1440 g/mol. The van der Waals surface area contributed by atoms with Crippen LogP contribution in [-0.4, -0.2) is 6.71 Å². The smallest absolute Gasteiger partial charge is 0.252 e. The molecule has 2 aliphatic heterocycles. The first-order valence-electron chi connectivity index (χ1n) is 39.0. The summed E-state index contributed by atoms with van der Waals surface area (Å²) in [5.41, 5.74) is 34.5. The van der Waals surface area contributed by atoms with Crippen LogP contribution in [0.25, 0.3) is 153 Å². The molecule has 0 fully saturated rings. The molecule has 0 N–H and O–H groups in total. The second-order valence-electron chi connectivity index (χ2n) is 30.9. The Morgan fingerprint density at radius 1 is 0.232 bits per heavy atom. The number of fused-ring (bicyclic) bond motifs is 9. The first-order chi connectivity index (χ1) is 55.2. The third-order valence-electron chi connectivity index (χ3n) is 23.4. The van der Waals surface area contributed by atoms with E-state index in [0.29, 0.717) is 0 Å². The minimum absolute atomic E-state index is 0.277. The van der Waals surface area contributed by atoms with Crippen molar-refractivity contribution in [2.75, 3.05) is 9.80 Å². The van der Waals surface area contributed by atoms with Gasteiger partial charge in [0.2, 0.25) is 0 Å². The third-order valence-corrected chi connectivity index (χ3v) is 24.6. The van der Waals surface area contributed by atoms with Crippen LogP contribution in [0.5, 0.6) is 0 Å². The highest BCUT2D eigenvalue weighted by molar-refractivity contribution is 7.26. The molecule has 4 heteroatoms. The van der Waals surface area contributed by atoms with Gasteiger partial charge in [0.15, 0.2) is 0 Å². The normalized spacial score (nSPS) is 12.4. The molecule has 2 nitrogen and oxygen atoms in total. The lowest BCUT2D eigenvalue weighted by Gasteiger charge is -2.46. The van der Waals surface area contributed by atoms with Gasteiger partial charge in [0, 0.05) is 65.2 Å². The molecule has 18 aromatic carbocycles. The van der Waals surface area contributed by atoms with E-state index >= 15 is 0 Å². The van der Waals surface area contributed by atoms with E-state index in [4.69, 9.17) is 0 Å². The van der Waals surface area contributed by atoms with E-state index in [1.807, 2.05) is 11.3 Å². The van der Waals surface area contributed by atoms with Crippen LogP contribution < -0.4 is 26.2 Å². The van der Waals surface area contributed by atoms with Gasteiger partial charge in [0.25, 0.3) is 6.71 Å². The van der Waals surface area contributed by atoms with Crippen molar-refractivity contribution >= 4 is 110 Å². The van der Waals surface area contributed by atoms with Gasteiger partial charge in [-0.25, -0.2) is 0 Å². The van der Waals surface area contributed by atoms with Crippen molar-refractivity contribution in [1.82, 2.24) is 0 Å². The minimum Gasteiger partial charge on any atom is -0.310 e. The molecule has 0 saturated carbocycles. The summed E-state index contributed by atoms with van der Waals surface area (Å²) in [4.78, 5) is 5.45. The van der Waals surface area contributed by atoms with Gasteiger partial charge in [-0.1, -0.05) is 360 Å². The van der Waals surface area contributed by atoms with Crippen molar-refractivity contribution in [1.29, 1.82) is 0 Å². The molecule has 0 spiro atoms. The minimum atomic E-state index is -0.346. The molecular formula is C108H75BN2S. The number of anilines is 6. The van der Waals surface area contributed by atoms with E-state index < -0.39 is 0 Å². The monoisotopic (exact) mass is 1440 g/mol. The van der Waals surface area contributed by atoms with Gasteiger partial charge < -0.3 is 9.80 Å². The fourth-order valence-corrected chi connectivity index (χ4v) is 19.4. The standard InChI is InChI=1S/C108H75BN2S/c1-108(2,3)83-68-99-104-100(69-83)111(106-92(74-41-20-8-21-42-74)64-82(71-35-14-5-15-36-71)65-93(106)75-43-22-9-23-44-75)98-67-79(78-55-58-88-94(61-78)103(77-47-26-11-27-48-77)87-51-29-28-50-86(87)102(88)76-45-24-10-25-46-76)56-59-95(98)109(104)96-66-80(84-52-32-53-89-85-49-30-31-54-101(85)112-107(84)89)57-60-97(96)110(99)105-90(72-37-16-6-17-38-72)62-81(70-33-12-4-13-34-70)63-91(105)73-39-18-7-19-40-73/h4-69H,1-3H3. The molecule has 0 atom stereocenters. The van der Waals surface area contributed by atoms with Gasteiger partial charge >= 0.3 is 0 Å². The SMILES string of the molecule is CC(C)(C)c1cc2c3c(c1)N(c1c(-c4ccccc4)cc(-c4ccccc4)cc1-c1ccccc1)c1cc(-c4ccc5c(-c6ccccc6)c6ccccc6c(-c6ccccc6)c5c4)ccc1B3c1cc(-c3cccc4c3sc3ccccc34)ccc1N2c1c(-c2ccccc2)cc(-c2ccccc2)cc1-c1ccccc1. The average Bonchev–Trinajstić information content (AvgIpc) is 0.929. The number of nitrogens with zero attached hydrogens (tertiary/aromatic N) is 2. The van der Waals surface area contributed by atoms with Gasteiger partial charge in [-0.3, -0.25) is 0 Å². The Balaban J connectivity index is 0.922. The third kappa shape index (κ3) is 11.2. The maximum absolute atomic E-state index is 2.74. The van der Waals surface area contributed by atoms with Gasteiger partial charge in [0.1, 0.15) is 0 Å². The van der Waals surface area contributed by atoms with Gasteiger partial charge in [-0.05, 0) is 199 Å². The highest BCUT2D eigenvalue weighted by Crippen LogP contribution is 2.57. The van der Waals surface area contributed by atoms with E-state index in [-0.39, 0.29) is 12.1 Å². The Morgan fingerprint density at radius 2 is 0.616 bits per heavy atom. The Labute approximate surface area is 658 Å². The first kappa shape index (κ1) is 66.6. The summed E-state index contributed by atoms with van der Waals surface area (Å²) in [6.07, 6.45) is 0. The highest BCUT2D eigenvalue weighted by Gasteiger charge is 2.46. The van der Waals surface area contributed by atoms with Crippen LogP contribution in [0.1, 0.15) is 26.3 Å². The molecule has 0 radical (unpaired) electrons. The van der Waals surface area contributed by atoms with E-state index in [1.54, 1.807) is 0 Å². The van der Waals surface area contributed by atoms with Crippen LogP contribution in [-0.2, 0) is 5.41 Å². The van der Waals surface area contributed by atoms with E-state index in [9.17, 15) is 0 Å². The summed E-state index contributed by atoms with van der Waals surface area (Å²) >= 11 is 1.90. The van der Waals surface area contributed by atoms with Gasteiger partial charge in [-0.15, -0.1) is 11.3 Å². The predicted octanol–water partition coefficient (Wildman–Crippen LogP) is 28.4. The molecule has 21 rings (SSSR count). The molecule has 0 saturated heterocycles. The van der Waals surface area contributed by atoms with Crippen LogP contribution in [0.4, 0.5) is 34.1 Å². The van der Waals surface area contributed by atoms with Crippen molar-refractivity contribution < 1.29 is 0 Å². The second kappa shape index (κ2) is 27.2. The van der Waals surface area contributed by atoms with E-state index in [2.05, 4.69) is 431 Å². The number of benzene rings is 18. The molecule has 19 aromatic rings. The summed E-state index contributed by atoms with van der Waals surface area (Å²) in [7, 11) is 0. The van der Waals surface area contributed by atoms with Gasteiger partial charge in [-0.2, -0.15) is 0 Å². The molecule has 112 heavy (non-hydrogen) atoms. The molecule has 3 heterocycles. The lowest BCUT2D eigenvalue weighted by molar-refractivity contribution is 0.590. The Kier molecular flexibility index (Phi) is 16.2. The number of rotatable bonds is 12. The second-order valence-corrected chi connectivity index (χ2v) is 32.0. The molecule has 526 valence electrons. The summed E-state index contributed by atoms with van der Waals surface area (Å²) in [5.74, 6) is 0. The molecule has 0 bridgehead atoms. The summed E-state index contributed by atoms with van der Waals surface area (Å²) < 4.78 is 2.58. The quantitative estimate of drug-likeness (QED) is 0.0888. The van der Waals surface area contributed by atoms with Crippen molar-refractivity contribution in [2.24, 2.45) is 0 Å². The van der Waals surface area contributed by atoms with Gasteiger partial charge in [0.05, 0.1) is 11.4 Å². The molecule has 2 aliphatic rings. The van der Waals surface area contributed by atoms with Crippen LogP contribution in [0.15, 0.2) is 400 Å². The van der Waals surface area contributed by atoms with Crippen molar-refractivity contribution in [3.05, 3.63) is 406 Å². The lowest BCUT2D eigenvalue weighted by atomic mass is 9.33. The zero-order chi connectivity index (χ0) is 74.5. The van der Waals surface area contributed by atoms with Crippen LogP contribution >= 0.6 is 11.3 Å². The molecular weight excluding hydrogens is 1370 g/mol. The number of hydrogen-bond donors (Lipinski definition) is 0. The van der Waals surface area contributed by atoms with Crippen molar-refractivity contribution in [3.8, 4) is 111 Å². The Bertz CT molecular complexity index is 6750. The molecule has 0 aliphatic carbocycles. The Morgan fingerprint density at radius 3 is 1.10 bits per heavy atom. The maximum Gasteiger partial charge on any atom is 0.252 e. The first-order valence-corrected chi connectivity index (χ1v) is 39.8. The summed E-state index contributed by atoms with van der Waals surface area (Å²) in [6.45, 7) is 6.92. The Hall–Kier alpha value is -13.6. The zero-order valence-electron chi connectivity index (χ0n) is 62.5. The summed E-state index contributed by atoms with van der Waals surface area (Å²) in [5, 5.41) is 7.45. The highest BCUT2D eigenvalue weighted by atomic mass is 32.1. The van der Waals surface area contributed by atoms with Crippen molar-refractivity contribution in [2.45, 2.75) is 26.2 Å². The fraction of sp³-hybridized carbons (Fsp3) is 0.0370. The molecule has 0 unspecified atom stereocenters. The van der Waals surface area contributed by atoms with Crippen LogP contribution in [0.2, 0.25) is 0 Å².